The van der Waals surface area contributed by atoms with Gasteiger partial charge in [0.05, 0.1) is 51.7 Å². The number of fused-ring (bicyclic) bond motifs is 11. The van der Waals surface area contributed by atoms with Crippen LogP contribution in [0.25, 0.3) is 0 Å². The van der Waals surface area contributed by atoms with Crippen LogP contribution in [0, 0.1) is 0 Å². The molecule has 0 aromatic heterocycles. The first-order valence-corrected chi connectivity index (χ1v) is 25.9. The third kappa shape index (κ3) is 3.94. The molecule has 0 saturated carbocycles. The van der Waals surface area contributed by atoms with Gasteiger partial charge in [0.15, 0.2) is 11.5 Å². The summed E-state index contributed by atoms with van der Waals surface area (Å²) in [6, 6.07) is 34.7. The molecule has 5 aliphatic heterocycles. The molecule has 0 aliphatic carbocycles. The quantitative estimate of drug-likeness (QED) is 0.165. The summed E-state index contributed by atoms with van der Waals surface area (Å²) in [5.74, 6) is 7.05. The first kappa shape index (κ1) is 32.5. The Morgan fingerprint density at radius 3 is 1.07 bits per heavy atom. The van der Waals surface area contributed by atoms with Crippen LogP contribution in [0.5, 0.6) is 63.2 Å². The smallest absolute Gasteiger partial charge is 0.153 e. The lowest BCUT2D eigenvalue weighted by Gasteiger charge is -2.44. The summed E-state index contributed by atoms with van der Waals surface area (Å²) in [4.78, 5) is 0. The minimum atomic E-state index is -3.11. The van der Waals surface area contributed by atoms with Crippen molar-refractivity contribution in [1.29, 1.82) is 0 Å². The minimum Gasteiger partial charge on any atom is -0.495 e. The van der Waals surface area contributed by atoms with Crippen molar-refractivity contribution >= 4 is 101 Å². The van der Waals surface area contributed by atoms with Crippen LogP contribution in [0.2, 0.25) is 0 Å². The highest BCUT2D eigenvalue weighted by Crippen LogP contribution is 2.68. The number of methoxy groups -OCH3 is 1. The normalized spacial score (nSPS) is 20.2. The van der Waals surface area contributed by atoms with Crippen LogP contribution < -0.4 is 76.2 Å². The zero-order chi connectivity index (χ0) is 36.8. The van der Waals surface area contributed by atoms with Gasteiger partial charge in [-0.15, -0.1) is 0 Å². The molecule has 5 heterocycles. The van der Waals surface area contributed by atoms with Gasteiger partial charge in [-0.1, -0.05) is 96.1 Å². The predicted octanol–water partition coefficient (Wildman–Crippen LogP) is 7.49. The van der Waals surface area contributed by atoms with E-state index in [9.17, 15) is 0 Å². The van der Waals surface area contributed by atoms with E-state index in [0.29, 0.717) is 63.2 Å². The molecule has 5 aliphatic rings. The van der Waals surface area contributed by atoms with Crippen molar-refractivity contribution in [1.82, 2.24) is 0 Å². The van der Waals surface area contributed by atoms with Crippen LogP contribution in [-0.4, -0.2) is 7.11 Å². The molecule has 12 rings (SSSR count). The Morgan fingerprint density at radius 2 is 0.655 bits per heavy atom. The highest BCUT2D eigenvalue weighted by atomic mass is 32.4. The summed E-state index contributed by atoms with van der Waals surface area (Å²) >= 11 is 21.7. The van der Waals surface area contributed by atoms with Gasteiger partial charge in [0.2, 0.25) is 0 Å². The van der Waals surface area contributed by atoms with Crippen molar-refractivity contribution in [2.75, 3.05) is 7.11 Å². The highest BCUT2D eigenvalue weighted by molar-refractivity contribution is 8.28. The Kier molecular flexibility index (Phi) is 6.63. The SMILES string of the molecule is COc1c(P2(=S)c3ccccc3Oc3ccccc32)c2c(c3c1P1(=S)c4ccccc4Oc4cccc(c41)O3)P1(=S)c3ccccc3Oc3cccc(c31)O2. The van der Waals surface area contributed by atoms with E-state index >= 15 is 0 Å². The first-order chi connectivity index (χ1) is 26.9. The van der Waals surface area contributed by atoms with Crippen LogP contribution in [0.3, 0.4) is 0 Å². The Bertz CT molecular complexity index is 3040. The van der Waals surface area contributed by atoms with E-state index in [1.165, 1.54) is 0 Å². The van der Waals surface area contributed by atoms with Gasteiger partial charge >= 0.3 is 0 Å². The maximum Gasteiger partial charge on any atom is 0.153 e. The molecule has 0 N–H and O–H groups in total. The Balaban J connectivity index is 1.34. The molecule has 6 nitrogen and oxygen atoms in total. The fraction of sp³-hybridized carbons (Fsp3) is 0.0233. The lowest BCUT2D eigenvalue weighted by molar-refractivity contribution is 0.411. The van der Waals surface area contributed by atoms with Gasteiger partial charge in [-0.25, -0.2) is 0 Å². The standard InChI is InChI=1S/C43H25O6P3S3/c1-44-36-41(50(53)32-20-6-2-12-24(32)45-25-13-3-7-21-33(25)50)37-43(52(55)35-23-9-5-15-27(35)47-29-17-11-19-31(48-37)40(29)52)38-42(36)51(54)34-22-8-4-14-26(34)46-28-16-10-18-30(49-38)39(28)51/h2-23H,1H3. The van der Waals surface area contributed by atoms with Crippen molar-refractivity contribution in [2.45, 2.75) is 0 Å². The number of rotatable bonds is 2. The summed E-state index contributed by atoms with van der Waals surface area (Å²) in [6.45, 7) is 0. The monoisotopic (exact) mass is 826 g/mol. The van der Waals surface area contributed by atoms with Gasteiger partial charge in [0, 0.05) is 21.2 Å². The average Bonchev–Trinajstić information content (AvgIpc) is 3.20. The summed E-state index contributed by atoms with van der Waals surface area (Å²) in [5, 5.41) is 7.53. The van der Waals surface area contributed by atoms with Crippen molar-refractivity contribution < 1.29 is 28.4 Å². The van der Waals surface area contributed by atoms with Crippen LogP contribution >= 0.6 is 18.1 Å². The largest absolute Gasteiger partial charge is 0.495 e. The van der Waals surface area contributed by atoms with E-state index in [-0.39, 0.29) is 0 Å². The molecule has 0 radical (unpaired) electrons. The number of hydrogen-bond acceptors (Lipinski definition) is 9. The van der Waals surface area contributed by atoms with E-state index in [2.05, 4.69) is 24.3 Å². The lowest BCUT2D eigenvalue weighted by atomic mass is 10.2. The second-order valence-electron chi connectivity index (χ2n) is 13.7. The summed E-state index contributed by atoms with van der Waals surface area (Å²) in [5.41, 5.74) is 0. The fourth-order valence-electron chi connectivity index (χ4n) is 8.71. The Labute approximate surface area is 331 Å². The topological polar surface area (TPSA) is 55.4 Å². The Morgan fingerprint density at radius 1 is 0.345 bits per heavy atom. The van der Waals surface area contributed by atoms with Gasteiger partial charge in [-0.3, -0.25) is 0 Å². The summed E-state index contributed by atoms with van der Waals surface area (Å²) in [6.07, 6.45) is 0. The molecule has 0 bridgehead atoms. The van der Waals surface area contributed by atoms with Crippen LogP contribution in [-0.2, 0) is 35.4 Å². The number of hydrogen-bond donors (Lipinski definition) is 0. The number of ether oxygens (including phenoxy) is 6. The molecular weight excluding hydrogens is 802 g/mol. The predicted molar refractivity (Wildman–Crippen MR) is 232 cm³/mol. The molecule has 7 aromatic carbocycles. The fourth-order valence-corrected chi connectivity index (χ4v) is 22.9. The second kappa shape index (κ2) is 11.2. The highest BCUT2D eigenvalue weighted by Gasteiger charge is 2.55. The van der Waals surface area contributed by atoms with E-state index in [0.717, 1.165) is 47.7 Å². The molecule has 55 heavy (non-hydrogen) atoms. The molecule has 2 unspecified atom stereocenters. The van der Waals surface area contributed by atoms with Gasteiger partial charge in [-0.05, 0) is 72.8 Å². The summed E-state index contributed by atoms with van der Waals surface area (Å²) < 4.78 is 41.1. The van der Waals surface area contributed by atoms with Crippen molar-refractivity contribution in [3.8, 4) is 63.2 Å². The van der Waals surface area contributed by atoms with Crippen molar-refractivity contribution in [2.24, 2.45) is 0 Å². The zero-order valence-corrected chi connectivity index (χ0v) is 33.9. The molecular formula is C43H25O6P3S3. The van der Waals surface area contributed by atoms with E-state index < -0.39 is 18.1 Å². The first-order valence-electron chi connectivity index (χ1n) is 17.5. The molecule has 7 aromatic rings. The maximum absolute atomic E-state index is 7.28. The molecule has 0 fully saturated rings. The average molecular weight is 827 g/mol. The molecule has 0 saturated heterocycles. The minimum absolute atomic E-state index is 0.548. The number of para-hydroxylation sites is 4. The second-order valence-corrected chi connectivity index (χ2v) is 26.4. The number of benzene rings is 7. The van der Waals surface area contributed by atoms with Crippen molar-refractivity contribution in [3.05, 3.63) is 133 Å². The zero-order valence-electron chi connectivity index (χ0n) is 28.7. The van der Waals surface area contributed by atoms with E-state index in [1.807, 2.05) is 109 Å². The van der Waals surface area contributed by atoms with Gasteiger partial charge < -0.3 is 28.4 Å². The van der Waals surface area contributed by atoms with Crippen molar-refractivity contribution in [3.63, 3.8) is 0 Å². The van der Waals surface area contributed by atoms with Crippen LogP contribution in [0.15, 0.2) is 133 Å². The van der Waals surface area contributed by atoms with Gasteiger partial charge in [0.25, 0.3) is 0 Å². The van der Waals surface area contributed by atoms with Gasteiger partial charge in [-0.2, -0.15) is 0 Å². The molecule has 0 amide bonds. The lowest BCUT2D eigenvalue weighted by Crippen LogP contribution is -2.45. The maximum atomic E-state index is 7.28. The third-order valence-electron chi connectivity index (χ3n) is 10.9. The van der Waals surface area contributed by atoms with Crippen LogP contribution in [0.1, 0.15) is 0 Å². The van der Waals surface area contributed by atoms with Crippen LogP contribution in [0.4, 0.5) is 0 Å². The summed E-state index contributed by atoms with van der Waals surface area (Å²) in [7, 11) is 1.69. The Hall–Kier alpha value is -4.71. The molecule has 266 valence electrons. The molecule has 12 heteroatoms. The van der Waals surface area contributed by atoms with Gasteiger partial charge in [0.1, 0.15) is 51.7 Å². The third-order valence-corrected chi connectivity index (χ3v) is 25.4. The van der Waals surface area contributed by atoms with E-state index in [1.54, 1.807) is 7.11 Å². The van der Waals surface area contributed by atoms with E-state index in [4.69, 9.17) is 63.8 Å². The molecule has 0 spiro atoms. The molecule has 2 atom stereocenters.